The normalized spacial score (nSPS) is 9.83. The van der Waals surface area contributed by atoms with Gasteiger partial charge in [-0.1, -0.05) is 18.2 Å². The van der Waals surface area contributed by atoms with E-state index >= 15 is 0 Å². The second-order valence-electron chi connectivity index (χ2n) is 3.61. The second kappa shape index (κ2) is 5.90. The molecule has 0 aliphatic heterocycles. The molecule has 90 valence electrons. The van der Waals surface area contributed by atoms with Gasteiger partial charge in [0.1, 0.15) is 17.6 Å². The van der Waals surface area contributed by atoms with Crippen molar-refractivity contribution in [2.24, 2.45) is 0 Å². The monoisotopic (exact) mass is 321 g/mol. The summed E-state index contributed by atoms with van der Waals surface area (Å²) in [4.78, 5) is 0. The van der Waals surface area contributed by atoms with Crippen LogP contribution >= 0.6 is 27.5 Å². The second-order valence-corrected chi connectivity index (χ2v) is 4.73. The van der Waals surface area contributed by atoms with Gasteiger partial charge in [0.15, 0.2) is 0 Å². The minimum atomic E-state index is 0.379. The zero-order valence-corrected chi connectivity index (χ0v) is 11.7. The Balaban J connectivity index is 2.35. The van der Waals surface area contributed by atoms with Gasteiger partial charge in [0.25, 0.3) is 0 Å². The Morgan fingerprint density at radius 1 is 1.17 bits per heavy atom. The summed E-state index contributed by atoms with van der Waals surface area (Å²) < 4.78 is 6.56. The van der Waals surface area contributed by atoms with Crippen LogP contribution in [-0.2, 0) is 5.88 Å². The molecule has 0 fully saturated rings. The van der Waals surface area contributed by atoms with E-state index in [1.54, 1.807) is 12.1 Å². The van der Waals surface area contributed by atoms with E-state index < -0.39 is 0 Å². The largest absolute Gasteiger partial charge is 0.455 e. The SMILES string of the molecule is N#Cc1cc(CCl)ccc1Oc1ccccc1Br. The standard InChI is InChI=1S/C14H9BrClNO/c15-12-3-1-2-4-14(12)18-13-6-5-10(8-16)7-11(13)9-17/h1-7H,8H2. The van der Waals surface area contributed by atoms with Crippen molar-refractivity contribution in [3.8, 4) is 17.6 Å². The molecule has 0 aromatic heterocycles. The van der Waals surface area contributed by atoms with Gasteiger partial charge in [-0.05, 0) is 45.8 Å². The van der Waals surface area contributed by atoms with E-state index in [0.717, 1.165) is 10.0 Å². The zero-order valence-electron chi connectivity index (χ0n) is 9.36. The number of hydrogen-bond acceptors (Lipinski definition) is 2. The third-order valence-corrected chi connectivity index (χ3v) is 3.34. The number of halogens is 2. The average Bonchev–Trinajstić information content (AvgIpc) is 2.41. The van der Waals surface area contributed by atoms with Gasteiger partial charge >= 0.3 is 0 Å². The minimum absolute atomic E-state index is 0.379. The van der Waals surface area contributed by atoms with Crippen molar-refractivity contribution in [1.29, 1.82) is 5.26 Å². The molecule has 0 unspecified atom stereocenters. The van der Waals surface area contributed by atoms with Gasteiger partial charge in [0.05, 0.1) is 10.0 Å². The summed E-state index contributed by atoms with van der Waals surface area (Å²) >= 11 is 9.14. The first-order chi connectivity index (χ1) is 8.74. The first-order valence-electron chi connectivity index (χ1n) is 5.26. The molecule has 0 N–H and O–H groups in total. The lowest BCUT2D eigenvalue weighted by Gasteiger charge is -2.09. The van der Waals surface area contributed by atoms with E-state index in [1.165, 1.54) is 0 Å². The smallest absolute Gasteiger partial charge is 0.145 e. The molecule has 0 atom stereocenters. The number of rotatable bonds is 3. The number of ether oxygens (including phenoxy) is 1. The van der Waals surface area contributed by atoms with Crippen LogP contribution in [-0.4, -0.2) is 0 Å². The van der Waals surface area contributed by atoms with Crippen LogP contribution in [0.1, 0.15) is 11.1 Å². The predicted octanol–water partition coefficient (Wildman–Crippen LogP) is 4.85. The van der Waals surface area contributed by atoms with Crippen molar-refractivity contribution in [2.75, 3.05) is 0 Å². The Morgan fingerprint density at radius 2 is 1.94 bits per heavy atom. The summed E-state index contributed by atoms with van der Waals surface area (Å²) in [6.45, 7) is 0. The average molecular weight is 323 g/mol. The molecule has 4 heteroatoms. The summed E-state index contributed by atoms with van der Waals surface area (Å²) in [5.74, 6) is 1.58. The number of para-hydroxylation sites is 1. The maximum Gasteiger partial charge on any atom is 0.145 e. The van der Waals surface area contributed by atoms with E-state index in [-0.39, 0.29) is 0 Å². The summed E-state index contributed by atoms with van der Waals surface area (Å²) in [7, 11) is 0. The molecular weight excluding hydrogens is 314 g/mol. The lowest BCUT2D eigenvalue weighted by molar-refractivity contribution is 0.478. The molecule has 2 aromatic rings. The van der Waals surface area contributed by atoms with Crippen LogP contribution in [0.3, 0.4) is 0 Å². The van der Waals surface area contributed by atoms with Crippen LogP contribution in [0.15, 0.2) is 46.9 Å². The van der Waals surface area contributed by atoms with Crippen molar-refractivity contribution in [3.05, 3.63) is 58.1 Å². The van der Waals surface area contributed by atoms with Gasteiger partial charge in [-0.15, -0.1) is 11.6 Å². The lowest BCUT2D eigenvalue weighted by Crippen LogP contribution is -1.90. The van der Waals surface area contributed by atoms with Crippen LogP contribution in [0.2, 0.25) is 0 Å². The summed E-state index contributed by atoms with van der Waals surface area (Å²) in [6.07, 6.45) is 0. The van der Waals surface area contributed by atoms with Crippen molar-refractivity contribution in [3.63, 3.8) is 0 Å². The first-order valence-corrected chi connectivity index (χ1v) is 6.58. The Kier molecular flexibility index (Phi) is 4.24. The molecule has 0 heterocycles. The van der Waals surface area contributed by atoms with Crippen molar-refractivity contribution >= 4 is 27.5 Å². The van der Waals surface area contributed by atoms with Gasteiger partial charge in [0, 0.05) is 5.88 Å². The first kappa shape index (κ1) is 12.9. The Labute approximate surface area is 119 Å². The van der Waals surface area contributed by atoms with E-state index in [2.05, 4.69) is 22.0 Å². The molecule has 0 spiro atoms. The molecule has 0 bridgehead atoms. The number of alkyl halides is 1. The van der Waals surface area contributed by atoms with Crippen LogP contribution in [0, 0.1) is 11.3 Å². The third-order valence-electron chi connectivity index (χ3n) is 2.38. The van der Waals surface area contributed by atoms with Gasteiger partial charge in [-0.2, -0.15) is 5.26 Å². The number of hydrogen-bond donors (Lipinski definition) is 0. The predicted molar refractivity (Wildman–Crippen MR) is 74.9 cm³/mol. The van der Waals surface area contributed by atoms with Gasteiger partial charge in [-0.3, -0.25) is 0 Å². The van der Waals surface area contributed by atoms with E-state index in [9.17, 15) is 0 Å². The molecule has 2 aromatic carbocycles. The zero-order chi connectivity index (χ0) is 13.0. The Morgan fingerprint density at radius 3 is 2.61 bits per heavy atom. The quantitative estimate of drug-likeness (QED) is 0.757. The molecule has 0 saturated carbocycles. The van der Waals surface area contributed by atoms with Gasteiger partial charge < -0.3 is 4.74 Å². The number of nitrogens with zero attached hydrogens (tertiary/aromatic N) is 1. The fraction of sp³-hybridized carbons (Fsp3) is 0.0714. The van der Waals surface area contributed by atoms with Crippen LogP contribution in [0.4, 0.5) is 0 Å². The molecule has 18 heavy (non-hydrogen) atoms. The summed E-state index contributed by atoms with van der Waals surface area (Å²) in [6, 6.07) is 14.9. The molecule has 0 aliphatic rings. The number of benzene rings is 2. The fourth-order valence-corrected chi connectivity index (χ4v) is 2.01. The Hall–Kier alpha value is -1.50. The van der Waals surface area contributed by atoms with E-state index in [4.69, 9.17) is 21.6 Å². The maximum atomic E-state index is 9.10. The Bertz CT molecular complexity index is 607. The van der Waals surface area contributed by atoms with Crippen molar-refractivity contribution in [1.82, 2.24) is 0 Å². The molecular formula is C14H9BrClNO. The summed E-state index contributed by atoms with van der Waals surface area (Å²) in [5.41, 5.74) is 1.37. The van der Waals surface area contributed by atoms with Crippen LogP contribution < -0.4 is 4.74 Å². The molecule has 2 rings (SSSR count). The van der Waals surface area contributed by atoms with Crippen molar-refractivity contribution < 1.29 is 4.74 Å². The highest BCUT2D eigenvalue weighted by Gasteiger charge is 2.07. The topological polar surface area (TPSA) is 33.0 Å². The van der Waals surface area contributed by atoms with Crippen molar-refractivity contribution in [2.45, 2.75) is 5.88 Å². The maximum absolute atomic E-state index is 9.10. The van der Waals surface area contributed by atoms with Crippen LogP contribution in [0.25, 0.3) is 0 Å². The molecule has 0 amide bonds. The van der Waals surface area contributed by atoms with E-state index in [0.29, 0.717) is 22.9 Å². The van der Waals surface area contributed by atoms with Gasteiger partial charge in [-0.25, -0.2) is 0 Å². The number of nitriles is 1. The fourth-order valence-electron chi connectivity index (χ4n) is 1.48. The highest BCUT2D eigenvalue weighted by atomic mass is 79.9. The molecule has 0 saturated heterocycles. The third kappa shape index (κ3) is 2.84. The molecule has 0 aliphatic carbocycles. The minimum Gasteiger partial charge on any atom is -0.455 e. The summed E-state index contributed by atoms with van der Waals surface area (Å²) in [5, 5.41) is 9.10. The highest BCUT2D eigenvalue weighted by molar-refractivity contribution is 9.10. The van der Waals surface area contributed by atoms with Gasteiger partial charge in [0.2, 0.25) is 0 Å². The lowest BCUT2D eigenvalue weighted by atomic mass is 10.1. The van der Waals surface area contributed by atoms with Crippen LogP contribution in [0.5, 0.6) is 11.5 Å². The highest BCUT2D eigenvalue weighted by Crippen LogP contribution is 2.31. The molecule has 2 nitrogen and oxygen atoms in total. The molecule has 0 radical (unpaired) electrons. The van der Waals surface area contributed by atoms with E-state index in [1.807, 2.05) is 30.3 Å².